The Morgan fingerprint density at radius 1 is 0.317 bits per heavy atom. The second-order valence-electron chi connectivity index (χ2n) is 16.5. The molecule has 0 unspecified atom stereocenters. The van der Waals surface area contributed by atoms with Crippen molar-refractivity contribution in [2.75, 3.05) is 4.90 Å². The van der Waals surface area contributed by atoms with Crippen molar-refractivity contribution in [3.8, 4) is 27.9 Å². The topological polar surface area (TPSA) is 21.3 Å². The van der Waals surface area contributed by atoms with Gasteiger partial charge in [0.15, 0.2) is 0 Å². The number of nitrogens with zero attached hydrogens (tertiary/aromatic N) is 2. The number of furan rings is 1. The molecule has 294 valence electrons. The molecule has 0 spiro atoms. The number of hydrogen-bond donors (Lipinski definition) is 0. The van der Waals surface area contributed by atoms with Gasteiger partial charge in [0, 0.05) is 49.6 Å². The van der Waals surface area contributed by atoms with Gasteiger partial charge < -0.3 is 13.9 Å². The highest BCUT2D eigenvalue weighted by molar-refractivity contribution is 6.15. The molecular weight excluding hydrogens is 765 g/mol. The summed E-state index contributed by atoms with van der Waals surface area (Å²) in [4.78, 5) is 2.37. The molecular formula is C60H38N2O. The Balaban J connectivity index is 0.914. The minimum Gasteiger partial charge on any atom is -0.455 e. The van der Waals surface area contributed by atoms with Crippen molar-refractivity contribution in [2.24, 2.45) is 0 Å². The molecule has 11 aromatic carbocycles. The summed E-state index contributed by atoms with van der Waals surface area (Å²) in [7, 11) is 0. The normalized spacial score (nSPS) is 11.8. The van der Waals surface area contributed by atoms with Crippen molar-refractivity contribution in [1.29, 1.82) is 0 Å². The first-order valence-corrected chi connectivity index (χ1v) is 21.6. The highest BCUT2D eigenvalue weighted by Gasteiger charge is 2.18. The fraction of sp³-hybridized carbons (Fsp3) is 0. The Hall–Kier alpha value is -8.40. The van der Waals surface area contributed by atoms with E-state index in [0.717, 1.165) is 66.8 Å². The number of benzene rings is 11. The van der Waals surface area contributed by atoms with E-state index in [1.54, 1.807) is 0 Å². The maximum Gasteiger partial charge on any atom is 0.143 e. The van der Waals surface area contributed by atoms with Crippen LogP contribution in [-0.4, -0.2) is 4.57 Å². The lowest BCUT2D eigenvalue weighted by atomic mass is 10.00. The fourth-order valence-corrected chi connectivity index (χ4v) is 9.96. The Kier molecular flexibility index (Phi) is 7.91. The monoisotopic (exact) mass is 802 g/mol. The number of aromatic nitrogens is 1. The van der Waals surface area contributed by atoms with Crippen LogP contribution in [0.4, 0.5) is 17.1 Å². The fourth-order valence-electron chi connectivity index (χ4n) is 9.96. The summed E-state index contributed by atoms with van der Waals surface area (Å²) >= 11 is 0. The van der Waals surface area contributed by atoms with Crippen LogP contribution in [0.3, 0.4) is 0 Å². The zero-order chi connectivity index (χ0) is 41.4. The summed E-state index contributed by atoms with van der Waals surface area (Å²) in [6.07, 6.45) is 0. The van der Waals surface area contributed by atoms with E-state index in [1.165, 1.54) is 54.3 Å². The van der Waals surface area contributed by atoms with Crippen LogP contribution < -0.4 is 4.90 Å². The van der Waals surface area contributed by atoms with Crippen LogP contribution >= 0.6 is 0 Å². The molecule has 0 atom stereocenters. The van der Waals surface area contributed by atoms with Crippen LogP contribution in [0.25, 0.3) is 104 Å². The first-order valence-electron chi connectivity index (χ1n) is 21.6. The number of hydrogen-bond acceptors (Lipinski definition) is 2. The van der Waals surface area contributed by atoms with E-state index in [-0.39, 0.29) is 0 Å². The van der Waals surface area contributed by atoms with Crippen molar-refractivity contribution >= 4 is 93.1 Å². The molecule has 3 heteroatoms. The highest BCUT2D eigenvalue weighted by atomic mass is 16.3. The van der Waals surface area contributed by atoms with E-state index in [2.05, 4.69) is 240 Å². The second kappa shape index (κ2) is 14.1. The Labute approximate surface area is 363 Å². The predicted molar refractivity (Wildman–Crippen MR) is 266 cm³/mol. The highest BCUT2D eigenvalue weighted by Crippen LogP contribution is 2.42. The van der Waals surface area contributed by atoms with E-state index in [4.69, 9.17) is 4.42 Å². The molecule has 0 aliphatic rings. The molecule has 0 aliphatic heterocycles. The van der Waals surface area contributed by atoms with Crippen molar-refractivity contribution in [2.45, 2.75) is 0 Å². The van der Waals surface area contributed by atoms with Gasteiger partial charge in [-0.2, -0.15) is 0 Å². The number of fused-ring (bicyclic) bond motifs is 11. The molecule has 0 amide bonds. The van der Waals surface area contributed by atoms with Crippen molar-refractivity contribution in [1.82, 2.24) is 4.57 Å². The zero-order valence-electron chi connectivity index (χ0n) is 34.2. The summed E-state index contributed by atoms with van der Waals surface area (Å²) in [5.74, 6) is 0. The maximum absolute atomic E-state index is 6.57. The third kappa shape index (κ3) is 5.67. The van der Waals surface area contributed by atoms with Gasteiger partial charge in [0.2, 0.25) is 0 Å². The van der Waals surface area contributed by atoms with E-state index < -0.39 is 0 Å². The lowest BCUT2D eigenvalue weighted by Gasteiger charge is -2.26. The quantitative estimate of drug-likeness (QED) is 0.156. The molecule has 2 heterocycles. The molecule has 63 heavy (non-hydrogen) atoms. The molecule has 0 bridgehead atoms. The van der Waals surface area contributed by atoms with Crippen LogP contribution in [0, 0.1) is 0 Å². The number of anilines is 3. The van der Waals surface area contributed by atoms with Gasteiger partial charge in [-0.15, -0.1) is 0 Å². The molecule has 0 radical (unpaired) electrons. The van der Waals surface area contributed by atoms with Crippen molar-refractivity contribution < 1.29 is 4.42 Å². The molecule has 13 rings (SSSR count). The summed E-state index contributed by atoms with van der Waals surface area (Å²) in [6, 6.07) is 83.5. The molecule has 0 fully saturated rings. The molecule has 2 aromatic heterocycles. The van der Waals surface area contributed by atoms with E-state index >= 15 is 0 Å². The van der Waals surface area contributed by atoms with Gasteiger partial charge >= 0.3 is 0 Å². The molecule has 0 saturated heterocycles. The molecule has 0 aliphatic carbocycles. The molecule has 13 aromatic rings. The van der Waals surface area contributed by atoms with Gasteiger partial charge in [0.25, 0.3) is 0 Å². The van der Waals surface area contributed by atoms with Gasteiger partial charge in [0.1, 0.15) is 11.2 Å². The zero-order valence-corrected chi connectivity index (χ0v) is 34.2. The second-order valence-corrected chi connectivity index (χ2v) is 16.5. The molecule has 0 saturated carbocycles. The van der Waals surface area contributed by atoms with Gasteiger partial charge in [-0.05, 0) is 116 Å². The van der Waals surface area contributed by atoms with Gasteiger partial charge in [-0.1, -0.05) is 158 Å². The standard InChI is InChI=1S/C60H38N2O/c1-3-13-48-40(11-1)21-22-44-37-47(33-36-49(44)48)61(45-29-23-39(24-30-45)43-28-34-54-55-35-27-41-12-2-4-15-51(41)60(55)63-59(54)38-43)46-31-25-42(26-32-46)50-14-5-8-18-56(50)62-57-19-9-6-16-52(57)53-17-7-10-20-58(53)62/h1-38H. The van der Waals surface area contributed by atoms with E-state index in [9.17, 15) is 0 Å². The summed E-state index contributed by atoms with van der Waals surface area (Å²) < 4.78 is 8.98. The minimum atomic E-state index is 0.896. The third-order valence-corrected chi connectivity index (χ3v) is 13.0. The number of para-hydroxylation sites is 3. The number of rotatable bonds is 6. The van der Waals surface area contributed by atoms with Crippen LogP contribution in [-0.2, 0) is 0 Å². The third-order valence-electron chi connectivity index (χ3n) is 13.0. The smallest absolute Gasteiger partial charge is 0.143 e. The predicted octanol–water partition coefficient (Wildman–Crippen LogP) is 16.9. The Morgan fingerprint density at radius 3 is 1.57 bits per heavy atom. The average Bonchev–Trinajstić information content (AvgIpc) is 3.90. The molecule has 0 N–H and O–H groups in total. The first kappa shape index (κ1) is 35.4. The largest absolute Gasteiger partial charge is 0.455 e. The summed E-state index contributed by atoms with van der Waals surface area (Å²) in [5, 5.41) is 12.1. The Bertz CT molecular complexity index is 3860. The lowest BCUT2D eigenvalue weighted by Crippen LogP contribution is -2.10. The van der Waals surface area contributed by atoms with Crippen LogP contribution in [0.2, 0.25) is 0 Å². The van der Waals surface area contributed by atoms with E-state index in [0.29, 0.717) is 0 Å². The minimum absolute atomic E-state index is 0.896. The van der Waals surface area contributed by atoms with Gasteiger partial charge in [0.05, 0.1) is 16.7 Å². The Morgan fingerprint density at radius 2 is 0.825 bits per heavy atom. The summed E-state index contributed by atoms with van der Waals surface area (Å²) in [5.41, 5.74) is 13.2. The summed E-state index contributed by atoms with van der Waals surface area (Å²) in [6.45, 7) is 0. The lowest BCUT2D eigenvalue weighted by molar-refractivity contribution is 0.673. The van der Waals surface area contributed by atoms with Gasteiger partial charge in [-0.3, -0.25) is 0 Å². The van der Waals surface area contributed by atoms with E-state index in [1.807, 2.05) is 0 Å². The van der Waals surface area contributed by atoms with Crippen molar-refractivity contribution in [3.63, 3.8) is 0 Å². The van der Waals surface area contributed by atoms with Gasteiger partial charge in [-0.25, -0.2) is 0 Å². The average molecular weight is 803 g/mol. The SMILES string of the molecule is c1ccc(-n2c3ccccc3c3ccccc32)c(-c2ccc(N(c3ccc(-c4ccc5c(c4)oc4c6ccccc6ccc54)cc3)c3ccc4c(ccc5ccccc54)c3)cc2)c1. The molecule has 3 nitrogen and oxygen atoms in total. The maximum atomic E-state index is 6.57. The van der Waals surface area contributed by atoms with Crippen LogP contribution in [0.5, 0.6) is 0 Å². The van der Waals surface area contributed by atoms with Crippen LogP contribution in [0.1, 0.15) is 0 Å². The van der Waals surface area contributed by atoms with Crippen molar-refractivity contribution in [3.05, 3.63) is 231 Å². The first-order chi connectivity index (χ1) is 31.2. The van der Waals surface area contributed by atoms with Crippen LogP contribution in [0.15, 0.2) is 235 Å².